The van der Waals surface area contributed by atoms with Gasteiger partial charge in [-0.2, -0.15) is 5.10 Å². The average Bonchev–Trinajstić information content (AvgIpc) is 3.03. The number of rotatable bonds is 3. The summed E-state index contributed by atoms with van der Waals surface area (Å²) >= 11 is 0. The number of likely N-dealkylation sites (N-methyl/N-ethyl adjacent to an activating group) is 1. The Hall–Kier alpha value is -1.89. The van der Waals surface area contributed by atoms with E-state index in [2.05, 4.69) is 5.10 Å². The van der Waals surface area contributed by atoms with Crippen molar-refractivity contribution in [2.45, 2.75) is 24.9 Å². The van der Waals surface area contributed by atoms with E-state index in [4.69, 9.17) is 0 Å². The summed E-state index contributed by atoms with van der Waals surface area (Å²) in [5.74, 6) is 0.189. The van der Waals surface area contributed by atoms with Crippen molar-refractivity contribution in [3.05, 3.63) is 12.4 Å². The van der Waals surface area contributed by atoms with Gasteiger partial charge in [-0.3, -0.25) is 14.3 Å². The van der Waals surface area contributed by atoms with Crippen molar-refractivity contribution in [1.29, 1.82) is 0 Å². The van der Waals surface area contributed by atoms with E-state index < -0.39 is 0 Å². The minimum Gasteiger partial charge on any atom is -0.336 e. The van der Waals surface area contributed by atoms with Crippen LogP contribution in [-0.2, 0) is 16.6 Å². The van der Waals surface area contributed by atoms with Crippen molar-refractivity contribution < 1.29 is 9.59 Å². The Labute approximate surface area is 124 Å². The van der Waals surface area contributed by atoms with E-state index >= 15 is 0 Å². The number of anilines is 1. The molecular weight excluding hydrogens is 270 g/mol. The maximum absolute atomic E-state index is 12.3. The van der Waals surface area contributed by atoms with Gasteiger partial charge in [0, 0.05) is 26.2 Å². The molecule has 2 amide bonds. The first kappa shape index (κ1) is 14.1. The second kappa shape index (κ2) is 5.14. The molecule has 2 aliphatic heterocycles. The van der Waals surface area contributed by atoms with E-state index in [1.807, 2.05) is 42.0 Å². The van der Waals surface area contributed by atoms with Crippen LogP contribution < -0.4 is 4.90 Å². The molecule has 0 N–H and O–H groups in total. The van der Waals surface area contributed by atoms with Crippen LogP contribution in [-0.4, -0.2) is 70.7 Å². The molecule has 0 bridgehead atoms. The van der Waals surface area contributed by atoms with Gasteiger partial charge in [-0.1, -0.05) is 0 Å². The van der Waals surface area contributed by atoms with Crippen LogP contribution in [0.3, 0.4) is 0 Å². The van der Waals surface area contributed by atoms with Gasteiger partial charge >= 0.3 is 0 Å². The van der Waals surface area contributed by atoms with Crippen LogP contribution in [0.25, 0.3) is 0 Å². The molecule has 1 aromatic heterocycles. The number of nitrogens with zero attached hydrogens (tertiary/aromatic N) is 5. The van der Waals surface area contributed by atoms with Gasteiger partial charge in [-0.25, -0.2) is 0 Å². The van der Waals surface area contributed by atoms with E-state index in [0.717, 1.165) is 18.7 Å². The highest BCUT2D eigenvalue weighted by atomic mass is 16.2. The Morgan fingerprint density at radius 2 is 2.19 bits per heavy atom. The number of amides is 2. The van der Waals surface area contributed by atoms with E-state index in [9.17, 15) is 9.59 Å². The van der Waals surface area contributed by atoms with Crippen molar-refractivity contribution in [2.75, 3.05) is 32.1 Å². The lowest BCUT2D eigenvalue weighted by molar-refractivity contribution is -0.132. The molecule has 114 valence electrons. The molecular formula is C14H21N5O2. The lowest BCUT2D eigenvalue weighted by Gasteiger charge is -2.25. The van der Waals surface area contributed by atoms with Gasteiger partial charge in [0.05, 0.1) is 30.5 Å². The zero-order chi connectivity index (χ0) is 15.1. The number of hydrogen-bond acceptors (Lipinski definition) is 4. The Kier molecular flexibility index (Phi) is 3.44. The molecule has 2 aliphatic rings. The summed E-state index contributed by atoms with van der Waals surface area (Å²) < 4.78 is 1.69. The van der Waals surface area contributed by atoms with Crippen molar-refractivity contribution >= 4 is 17.5 Å². The van der Waals surface area contributed by atoms with Crippen LogP contribution in [0.4, 0.5) is 5.69 Å². The Balaban J connectivity index is 1.79. The zero-order valence-electron chi connectivity index (χ0n) is 12.7. The SMILES string of the molecule is CN(C)CC(=O)N1CCC2C1CC(=O)N2c1cnn(C)c1. The Morgan fingerprint density at radius 3 is 2.81 bits per heavy atom. The zero-order valence-corrected chi connectivity index (χ0v) is 12.7. The first-order valence-electron chi connectivity index (χ1n) is 7.22. The average molecular weight is 291 g/mol. The van der Waals surface area contributed by atoms with Crippen LogP contribution in [0.5, 0.6) is 0 Å². The molecule has 2 saturated heterocycles. The highest BCUT2D eigenvalue weighted by Crippen LogP contribution is 2.35. The molecule has 0 aromatic carbocycles. The van der Waals surface area contributed by atoms with Crippen LogP contribution in [0.1, 0.15) is 12.8 Å². The molecule has 2 unspecified atom stereocenters. The van der Waals surface area contributed by atoms with E-state index in [0.29, 0.717) is 13.0 Å². The summed E-state index contributed by atoms with van der Waals surface area (Å²) in [6.45, 7) is 1.12. The number of aromatic nitrogens is 2. The lowest BCUT2D eigenvalue weighted by atomic mass is 10.1. The van der Waals surface area contributed by atoms with Crippen LogP contribution >= 0.6 is 0 Å². The molecule has 3 rings (SSSR count). The molecule has 1 aromatic rings. The molecule has 21 heavy (non-hydrogen) atoms. The van der Waals surface area contributed by atoms with Gasteiger partial charge in [0.15, 0.2) is 0 Å². The highest BCUT2D eigenvalue weighted by Gasteiger charge is 2.49. The maximum Gasteiger partial charge on any atom is 0.237 e. The number of carbonyl (C=O) groups is 2. The molecule has 7 nitrogen and oxygen atoms in total. The molecule has 0 aliphatic carbocycles. The van der Waals surface area contributed by atoms with Gasteiger partial charge in [0.2, 0.25) is 11.8 Å². The fraction of sp³-hybridized carbons (Fsp3) is 0.643. The standard InChI is InChI=1S/C14H21N5O2/c1-16(2)9-14(21)18-5-4-11-12(18)6-13(20)19(11)10-7-15-17(3)8-10/h7-8,11-12H,4-6,9H2,1-3H3. The van der Waals surface area contributed by atoms with Gasteiger partial charge in [-0.05, 0) is 20.5 Å². The minimum atomic E-state index is 0.00477. The molecule has 0 spiro atoms. The Morgan fingerprint density at radius 1 is 1.43 bits per heavy atom. The minimum absolute atomic E-state index is 0.00477. The van der Waals surface area contributed by atoms with Crippen LogP contribution in [0.2, 0.25) is 0 Å². The van der Waals surface area contributed by atoms with E-state index in [1.165, 1.54) is 0 Å². The molecule has 2 atom stereocenters. The number of aryl methyl sites for hydroxylation is 1. The molecule has 2 fully saturated rings. The lowest BCUT2D eigenvalue weighted by Crippen LogP contribution is -2.43. The van der Waals surface area contributed by atoms with Crippen LogP contribution in [0.15, 0.2) is 12.4 Å². The smallest absolute Gasteiger partial charge is 0.237 e. The van der Waals surface area contributed by atoms with Gasteiger partial charge in [-0.15, -0.1) is 0 Å². The first-order chi connectivity index (χ1) is 9.97. The summed E-state index contributed by atoms with van der Waals surface area (Å²) in [6.07, 6.45) is 4.82. The van der Waals surface area contributed by atoms with Crippen LogP contribution in [0, 0.1) is 0 Å². The van der Waals surface area contributed by atoms with Crippen molar-refractivity contribution in [3.8, 4) is 0 Å². The molecule has 0 radical (unpaired) electrons. The second-order valence-corrected chi connectivity index (χ2v) is 6.09. The summed E-state index contributed by atoms with van der Waals surface area (Å²) in [7, 11) is 5.60. The number of hydrogen-bond donors (Lipinski definition) is 0. The quantitative estimate of drug-likeness (QED) is 0.766. The fourth-order valence-corrected chi connectivity index (χ4v) is 3.39. The predicted octanol–water partition coefficient (Wildman–Crippen LogP) is -0.312. The highest BCUT2D eigenvalue weighted by molar-refractivity contribution is 5.98. The Bertz CT molecular complexity index is 567. The van der Waals surface area contributed by atoms with Gasteiger partial charge < -0.3 is 14.7 Å². The third-order valence-electron chi connectivity index (χ3n) is 4.24. The molecule has 0 saturated carbocycles. The third kappa shape index (κ3) is 2.42. The first-order valence-corrected chi connectivity index (χ1v) is 7.22. The largest absolute Gasteiger partial charge is 0.336 e. The molecule has 3 heterocycles. The monoisotopic (exact) mass is 291 g/mol. The topological polar surface area (TPSA) is 61.7 Å². The number of fused-ring (bicyclic) bond motifs is 1. The predicted molar refractivity (Wildman–Crippen MR) is 77.8 cm³/mol. The van der Waals surface area contributed by atoms with Gasteiger partial charge in [0.25, 0.3) is 0 Å². The number of carbonyl (C=O) groups excluding carboxylic acids is 2. The van der Waals surface area contributed by atoms with E-state index in [-0.39, 0.29) is 23.9 Å². The van der Waals surface area contributed by atoms with Crippen molar-refractivity contribution in [3.63, 3.8) is 0 Å². The van der Waals surface area contributed by atoms with Gasteiger partial charge in [0.1, 0.15) is 0 Å². The third-order valence-corrected chi connectivity index (χ3v) is 4.24. The van der Waals surface area contributed by atoms with Crippen molar-refractivity contribution in [1.82, 2.24) is 19.6 Å². The summed E-state index contributed by atoms with van der Waals surface area (Å²) in [5, 5.41) is 4.14. The summed E-state index contributed by atoms with van der Waals surface area (Å²) in [4.78, 5) is 30.2. The maximum atomic E-state index is 12.3. The fourth-order valence-electron chi connectivity index (χ4n) is 3.39. The number of likely N-dealkylation sites (tertiary alicyclic amines) is 1. The van der Waals surface area contributed by atoms with E-state index in [1.54, 1.807) is 10.9 Å². The second-order valence-electron chi connectivity index (χ2n) is 6.09. The van der Waals surface area contributed by atoms with Crippen molar-refractivity contribution in [2.24, 2.45) is 7.05 Å². The normalized spacial score (nSPS) is 25.0. The summed E-state index contributed by atoms with van der Waals surface area (Å²) in [5.41, 5.74) is 0.830. The summed E-state index contributed by atoms with van der Waals surface area (Å²) in [6, 6.07) is 0.0953. The molecule has 7 heteroatoms.